The Balaban J connectivity index is 1.06. The molecule has 0 atom stereocenters. The highest BCUT2D eigenvalue weighted by atomic mass is 19.4. The second-order valence-electron chi connectivity index (χ2n) is 10.7. The number of carbonyl (C=O) groups is 1. The van der Waals surface area contributed by atoms with E-state index in [1.165, 1.54) is 35.9 Å². The van der Waals surface area contributed by atoms with Crippen LogP contribution in [-0.2, 0) is 15.7 Å². The number of hydrogen-bond donors (Lipinski definition) is 1. The fourth-order valence-corrected chi connectivity index (χ4v) is 5.72. The first-order chi connectivity index (χ1) is 19.3. The standard InChI is InChI=1S/C32H36F3N3O2/c1-23-11-12-26(21-29(23)32(33,34)35)36-25-13-15-27(16-14-25)40-22-31(39)38-19-17-37(18-20-38)30-10-6-5-9-28(30)24-7-3-2-4-8-24/h2-12,21,25,27,36H,13-20,22H2,1H3. The van der Waals surface area contributed by atoms with Crippen molar-refractivity contribution in [1.82, 2.24) is 4.90 Å². The van der Waals surface area contributed by atoms with E-state index in [1.54, 1.807) is 6.07 Å². The smallest absolute Gasteiger partial charge is 0.382 e. The largest absolute Gasteiger partial charge is 0.416 e. The normalized spacial score (nSPS) is 19.9. The fraction of sp³-hybridized carbons (Fsp3) is 0.406. The fourth-order valence-electron chi connectivity index (χ4n) is 5.72. The highest BCUT2D eigenvalue weighted by Gasteiger charge is 2.33. The lowest BCUT2D eigenvalue weighted by Gasteiger charge is -2.37. The summed E-state index contributed by atoms with van der Waals surface area (Å²) in [5, 5.41) is 3.25. The Morgan fingerprint density at radius 3 is 2.27 bits per heavy atom. The van der Waals surface area contributed by atoms with Crippen LogP contribution in [0.2, 0.25) is 0 Å². The minimum atomic E-state index is -4.36. The maximum atomic E-state index is 13.2. The molecule has 40 heavy (non-hydrogen) atoms. The maximum absolute atomic E-state index is 13.2. The summed E-state index contributed by atoms with van der Waals surface area (Å²) < 4.78 is 45.7. The van der Waals surface area contributed by atoms with E-state index in [4.69, 9.17) is 4.74 Å². The van der Waals surface area contributed by atoms with Gasteiger partial charge < -0.3 is 19.9 Å². The van der Waals surface area contributed by atoms with Crippen molar-refractivity contribution in [3.8, 4) is 11.1 Å². The van der Waals surface area contributed by atoms with Gasteiger partial charge in [0.15, 0.2) is 0 Å². The molecule has 1 N–H and O–H groups in total. The minimum absolute atomic E-state index is 0.00945. The lowest BCUT2D eigenvalue weighted by atomic mass is 9.92. The van der Waals surface area contributed by atoms with Crippen molar-refractivity contribution in [2.24, 2.45) is 0 Å². The number of aryl methyl sites for hydroxylation is 1. The average Bonchev–Trinajstić information content (AvgIpc) is 2.97. The van der Waals surface area contributed by atoms with Gasteiger partial charge in [-0.1, -0.05) is 54.6 Å². The summed E-state index contributed by atoms with van der Waals surface area (Å²) in [5.41, 5.74) is 3.66. The lowest BCUT2D eigenvalue weighted by Crippen LogP contribution is -2.50. The van der Waals surface area contributed by atoms with Crippen LogP contribution in [-0.4, -0.2) is 55.7 Å². The zero-order chi connectivity index (χ0) is 28.1. The summed E-state index contributed by atoms with van der Waals surface area (Å²) in [4.78, 5) is 17.1. The van der Waals surface area contributed by atoms with Gasteiger partial charge in [0.1, 0.15) is 6.61 Å². The molecular weight excluding hydrogens is 515 g/mol. The SMILES string of the molecule is Cc1ccc(NC2CCC(OCC(=O)N3CCN(c4ccccc4-c4ccccc4)CC3)CC2)cc1C(F)(F)F. The van der Waals surface area contributed by atoms with E-state index < -0.39 is 11.7 Å². The molecule has 1 saturated carbocycles. The minimum Gasteiger partial charge on any atom is -0.382 e. The second-order valence-corrected chi connectivity index (χ2v) is 10.7. The van der Waals surface area contributed by atoms with Crippen molar-refractivity contribution in [1.29, 1.82) is 0 Å². The molecule has 1 amide bonds. The van der Waals surface area contributed by atoms with E-state index in [0.717, 1.165) is 38.8 Å². The predicted octanol–water partition coefficient (Wildman–Crippen LogP) is 6.77. The molecule has 3 aromatic carbocycles. The molecule has 0 bridgehead atoms. The number of piperazine rings is 1. The van der Waals surface area contributed by atoms with Gasteiger partial charge in [-0.2, -0.15) is 13.2 Å². The summed E-state index contributed by atoms with van der Waals surface area (Å²) >= 11 is 0. The van der Waals surface area contributed by atoms with Gasteiger partial charge in [0, 0.05) is 49.2 Å². The van der Waals surface area contributed by atoms with E-state index in [9.17, 15) is 18.0 Å². The van der Waals surface area contributed by atoms with Crippen LogP contribution in [0.3, 0.4) is 0 Å². The van der Waals surface area contributed by atoms with Crippen molar-refractivity contribution in [2.45, 2.75) is 50.9 Å². The van der Waals surface area contributed by atoms with Gasteiger partial charge in [-0.05, 0) is 61.9 Å². The molecule has 1 aliphatic heterocycles. The number of amides is 1. The third-order valence-corrected chi connectivity index (χ3v) is 7.99. The van der Waals surface area contributed by atoms with Gasteiger partial charge in [-0.15, -0.1) is 0 Å². The van der Waals surface area contributed by atoms with Crippen LogP contribution < -0.4 is 10.2 Å². The molecule has 8 heteroatoms. The number of nitrogens with one attached hydrogen (secondary N) is 1. The van der Waals surface area contributed by atoms with E-state index in [0.29, 0.717) is 18.8 Å². The summed E-state index contributed by atoms with van der Waals surface area (Å²) in [5.74, 6) is 0.00979. The van der Waals surface area contributed by atoms with Crippen molar-refractivity contribution in [3.05, 3.63) is 83.9 Å². The average molecular weight is 552 g/mol. The highest BCUT2D eigenvalue weighted by Crippen LogP contribution is 2.35. The van der Waals surface area contributed by atoms with E-state index in [2.05, 4.69) is 46.6 Å². The molecule has 212 valence electrons. The highest BCUT2D eigenvalue weighted by molar-refractivity contribution is 5.80. The van der Waals surface area contributed by atoms with Crippen LogP contribution in [0.25, 0.3) is 11.1 Å². The van der Waals surface area contributed by atoms with Gasteiger partial charge in [-0.3, -0.25) is 4.79 Å². The first kappa shape index (κ1) is 28.0. The molecule has 1 saturated heterocycles. The number of rotatable bonds is 7. The van der Waals surface area contributed by atoms with Crippen LogP contribution in [0.5, 0.6) is 0 Å². The topological polar surface area (TPSA) is 44.8 Å². The number of alkyl halides is 3. The Morgan fingerprint density at radius 1 is 0.900 bits per heavy atom. The van der Waals surface area contributed by atoms with Crippen molar-refractivity contribution in [2.75, 3.05) is 43.0 Å². The third kappa shape index (κ3) is 6.78. The predicted molar refractivity (Wildman–Crippen MR) is 152 cm³/mol. The molecular formula is C32H36F3N3O2. The molecule has 0 aromatic heterocycles. The number of halogens is 3. The van der Waals surface area contributed by atoms with E-state index in [1.807, 2.05) is 23.1 Å². The number of carbonyl (C=O) groups excluding carboxylic acids is 1. The van der Waals surface area contributed by atoms with E-state index >= 15 is 0 Å². The number of benzene rings is 3. The number of nitrogens with zero attached hydrogens (tertiary/aromatic N) is 2. The third-order valence-electron chi connectivity index (χ3n) is 7.99. The number of anilines is 2. The van der Waals surface area contributed by atoms with Crippen molar-refractivity contribution < 1.29 is 22.7 Å². The molecule has 2 fully saturated rings. The Bertz CT molecular complexity index is 1280. The van der Waals surface area contributed by atoms with Crippen LogP contribution in [0.4, 0.5) is 24.5 Å². The Morgan fingerprint density at radius 2 is 1.57 bits per heavy atom. The molecule has 5 rings (SSSR count). The monoisotopic (exact) mass is 551 g/mol. The molecule has 1 aliphatic carbocycles. The molecule has 3 aromatic rings. The van der Waals surface area contributed by atoms with Crippen molar-refractivity contribution >= 4 is 17.3 Å². The number of ether oxygens (including phenoxy) is 1. The first-order valence-electron chi connectivity index (χ1n) is 14.0. The molecule has 0 spiro atoms. The second kappa shape index (κ2) is 12.3. The Kier molecular flexibility index (Phi) is 8.64. The van der Waals surface area contributed by atoms with Gasteiger partial charge >= 0.3 is 6.18 Å². The summed E-state index contributed by atoms with van der Waals surface area (Å²) in [6.45, 7) is 4.37. The summed E-state index contributed by atoms with van der Waals surface area (Å²) in [6.07, 6.45) is -1.26. The molecule has 2 aliphatic rings. The molecule has 1 heterocycles. The zero-order valence-corrected chi connectivity index (χ0v) is 22.8. The van der Waals surface area contributed by atoms with Gasteiger partial charge in [-0.25, -0.2) is 0 Å². The first-order valence-corrected chi connectivity index (χ1v) is 14.0. The van der Waals surface area contributed by atoms with Crippen LogP contribution in [0.15, 0.2) is 72.8 Å². The number of para-hydroxylation sites is 1. The van der Waals surface area contributed by atoms with E-state index in [-0.39, 0.29) is 30.2 Å². The van der Waals surface area contributed by atoms with Crippen molar-refractivity contribution in [3.63, 3.8) is 0 Å². The van der Waals surface area contributed by atoms with Gasteiger partial charge in [0.25, 0.3) is 0 Å². The van der Waals surface area contributed by atoms with Crippen LogP contribution >= 0.6 is 0 Å². The van der Waals surface area contributed by atoms with Gasteiger partial charge in [0.2, 0.25) is 5.91 Å². The zero-order valence-electron chi connectivity index (χ0n) is 22.8. The molecule has 0 unspecified atom stereocenters. The summed E-state index contributed by atoms with van der Waals surface area (Å²) in [6, 6.07) is 23.2. The number of hydrogen-bond acceptors (Lipinski definition) is 4. The molecule has 0 radical (unpaired) electrons. The lowest BCUT2D eigenvalue weighted by molar-refractivity contribution is -0.139. The van der Waals surface area contributed by atoms with Gasteiger partial charge in [0.05, 0.1) is 11.7 Å². The Labute approximate surface area is 233 Å². The van der Waals surface area contributed by atoms with Crippen LogP contribution in [0.1, 0.15) is 36.8 Å². The summed E-state index contributed by atoms with van der Waals surface area (Å²) in [7, 11) is 0. The molecule has 5 nitrogen and oxygen atoms in total. The quantitative estimate of drug-likeness (QED) is 0.352. The van der Waals surface area contributed by atoms with Crippen LogP contribution in [0, 0.1) is 6.92 Å². The maximum Gasteiger partial charge on any atom is 0.416 e. The Hall–Kier alpha value is -3.52.